The summed E-state index contributed by atoms with van der Waals surface area (Å²) in [6, 6.07) is 6.42. The molecule has 1 aromatic heterocycles. The molecule has 1 aromatic carbocycles. The molecule has 0 radical (unpaired) electrons. The maximum Gasteiger partial charge on any atom is 0.270 e. The highest BCUT2D eigenvalue weighted by molar-refractivity contribution is 8.25. The molecule has 32 heavy (non-hydrogen) atoms. The third-order valence-corrected chi connectivity index (χ3v) is 8.53. The molecule has 176 valence electrons. The first-order valence-electron chi connectivity index (χ1n) is 10.9. The van der Waals surface area contributed by atoms with E-state index in [1.54, 1.807) is 12.1 Å². The van der Waals surface area contributed by atoms with Gasteiger partial charge in [-0.05, 0) is 39.7 Å². The number of hydrogen-bond acceptors (Lipinski definition) is 4. The largest absolute Gasteiger partial charge is 0.348 e. The van der Waals surface area contributed by atoms with Crippen LogP contribution in [0, 0.1) is 5.92 Å². The van der Waals surface area contributed by atoms with E-state index in [4.69, 9.17) is 5.10 Å². The Morgan fingerprint density at radius 1 is 1.34 bits per heavy atom. The second-order valence-corrected chi connectivity index (χ2v) is 12.0. The van der Waals surface area contributed by atoms with Crippen LogP contribution in [0.4, 0.5) is 8.78 Å². The highest BCUT2D eigenvalue weighted by Gasteiger charge is 2.46. The second kappa shape index (κ2) is 7.81. The van der Waals surface area contributed by atoms with Gasteiger partial charge in [-0.15, -0.1) is 0 Å². The molecular weight excluding hydrogens is 436 g/mol. The monoisotopic (exact) mass is 467 g/mol. The van der Waals surface area contributed by atoms with Gasteiger partial charge in [0.2, 0.25) is 5.91 Å². The maximum absolute atomic E-state index is 13.9. The molecule has 0 bridgehead atoms. The normalized spacial score (nSPS) is 22.7. The number of carbonyl (C=O) groups is 1. The van der Waals surface area contributed by atoms with Crippen molar-refractivity contribution in [3.8, 4) is 11.3 Å². The number of amides is 1. The Morgan fingerprint density at radius 3 is 2.62 bits per heavy atom. The second-order valence-electron chi connectivity index (χ2n) is 9.86. The molecular formula is C23H31F2N3O3S. The van der Waals surface area contributed by atoms with Crippen molar-refractivity contribution in [1.29, 1.82) is 0 Å². The van der Waals surface area contributed by atoms with Gasteiger partial charge in [0, 0.05) is 47.7 Å². The van der Waals surface area contributed by atoms with Crippen LogP contribution in [0.15, 0.2) is 24.3 Å². The Hall–Kier alpha value is -1.97. The lowest BCUT2D eigenvalue weighted by molar-refractivity contribution is -0.126. The molecule has 0 spiro atoms. The lowest BCUT2D eigenvalue weighted by Crippen LogP contribution is -2.62. The van der Waals surface area contributed by atoms with Gasteiger partial charge in [-0.1, -0.05) is 18.2 Å². The highest BCUT2D eigenvalue weighted by Crippen LogP contribution is 2.54. The van der Waals surface area contributed by atoms with Crippen LogP contribution in [0.3, 0.4) is 0 Å². The Balaban J connectivity index is 1.61. The Bertz CT molecular complexity index is 1040. The zero-order chi connectivity index (χ0) is 23.5. The average molecular weight is 468 g/mol. The summed E-state index contributed by atoms with van der Waals surface area (Å²) in [6.45, 7) is 6.75. The third kappa shape index (κ3) is 4.43. The summed E-state index contributed by atoms with van der Waals surface area (Å²) in [7, 11) is -2.56. The van der Waals surface area contributed by atoms with E-state index in [9.17, 15) is 22.7 Å². The summed E-state index contributed by atoms with van der Waals surface area (Å²) in [4.78, 5) is 13.0. The molecule has 1 aliphatic carbocycles. The number of aromatic nitrogens is 2. The Kier molecular flexibility index (Phi) is 5.66. The van der Waals surface area contributed by atoms with E-state index in [0.29, 0.717) is 30.5 Å². The lowest BCUT2D eigenvalue weighted by Gasteiger charge is -2.54. The van der Waals surface area contributed by atoms with Crippen LogP contribution in [0.5, 0.6) is 0 Å². The van der Waals surface area contributed by atoms with Crippen LogP contribution in [-0.4, -0.2) is 41.8 Å². The number of nitrogens with one attached hydrogen (secondary N) is 1. The van der Waals surface area contributed by atoms with Crippen LogP contribution in [-0.2, 0) is 23.6 Å². The minimum atomic E-state index is -2.93. The molecule has 4 rings (SSSR count). The van der Waals surface area contributed by atoms with Crippen LogP contribution >= 0.6 is 10.6 Å². The summed E-state index contributed by atoms with van der Waals surface area (Å²) in [6.07, 6.45) is 1.78. The van der Waals surface area contributed by atoms with Crippen molar-refractivity contribution in [3.63, 3.8) is 0 Å². The smallest absolute Gasteiger partial charge is 0.270 e. The van der Waals surface area contributed by atoms with Gasteiger partial charge >= 0.3 is 0 Å². The number of halogens is 2. The molecule has 1 saturated heterocycles. The van der Waals surface area contributed by atoms with Crippen molar-refractivity contribution in [1.82, 2.24) is 15.1 Å². The van der Waals surface area contributed by atoms with E-state index in [2.05, 4.69) is 5.32 Å². The summed E-state index contributed by atoms with van der Waals surface area (Å²) in [5, 5.41) is 7.79. The molecule has 9 heteroatoms. The first-order valence-corrected chi connectivity index (χ1v) is 12.8. The van der Waals surface area contributed by atoms with Gasteiger partial charge < -0.3 is 5.32 Å². The molecule has 3 N–H and O–H groups in total. The van der Waals surface area contributed by atoms with Crippen molar-refractivity contribution in [2.45, 2.75) is 64.5 Å². The molecule has 1 atom stereocenters. The fraction of sp³-hybridized carbons (Fsp3) is 0.565. The number of alkyl halides is 2. The van der Waals surface area contributed by atoms with Gasteiger partial charge in [-0.2, -0.15) is 15.7 Å². The summed E-state index contributed by atoms with van der Waals surface area (Å²) >= 11 is 0. The van der Waals surface area contributed by atoms with E-state index in [-0.39, 0.29) is 34.9 Å². The number of benzene rings is 1. The number of rotatable bonds is 5. The van der Waals surface area contributed by atoms with E-state index in [1.807, 2.05) is 25.5 Å². The van der Waals surface area contributed by atoms with E-state index in [0.717, 1.165) is 18.2 Å². The topological polar surface area (TPSA) is 87.4 Å². The molecule has 0 saturated carbocycles. The van der Waals surface area contributed by atoms with Crippen LogP contribution in [0.1, 0.15) is 57.0 Å². The first kappa shape index (κ1) is 23.2. The van der Waals surface area contributed by atoms with Crippen LogP contribution < -0.4 is 5.32 Å². The molecule has 2 aromatic rings. The average Bonchev–Trinajstić information content (AvgIpc) is 3.04. The van der Waals surface area contributed by atoms with Crippen LogP contribution in [0.25, 0.3) is 11.3 Å². The zero-order valence-electron chi connectivity index (χ0n) is 18.9. The number of carbonyl (C=O) groups excluding carboxylic acids is 1. The van der Waals surface area contributed by atoms with Gasteiger partial charge in [0.1, 0.15) is 0 Å². The number of nitrogens with zero attached hydrogens (tertiary/aromatic N) is 2. The first-order chi connectivity index (χ1) is 14.8. The fourth-order valence-electron chi connectivity index (χ4n) is 4.91. The minimum absolute atomic E-state index is 0.0457. The summed E-state index contributed by atoms with van der Waals surface area (Å²) in [5.41, 5.74) is 2.73. The molecule has 2 aliphatic rings. The minimum Gasteiger partial charge on any atom is -0.348 e. The van der Waals surface area contributed by atoms with Crippen molar-refractivity contribution < 1.29 is 22.7 Å². The van der Waals surface area contributed by atoms with Crippen molar-refractivity contribution in [2.75, 3.05) is 11.5 Å². The van der Waals surface area contributed by atoms with Crippen molar-refractivity contribution >= 4 is 16.5 Å². The van der Waals surface area contributed by atoms with E-state index in [1.165, 1.54) is 12.1 Å². The number of hydrogen-bond donors (Lipinski definition) is 3. The third-order valence-electron chi connectivity index (χ3n) is 6.33. The predicted octanol–water partition coefficient (Wildman–Crippen LogP) is 4.99. The van der Waals surface area contributed by atoms with Crippen molar-refractivity contribution in [3.05, 3.63) is 41.1 Å². The maximum atomic E-state index is 13.9. The molecule has 1 aliphatic heterocycles. The molecule has 1 fully saturated rings. The Morgan fingerprint density at radius 2 is 2.03 bits per heavy atom. The fourth-order valence-corrected chi connectivity index (χ4v) is 7.01. The van der Waals surface area contributed by atoms with E-state index >= 15 is 0 Å². The van der Waals surface area contributed by atoms with Gasteiger partial charge in [-0.25, -0.2) is 8.78 Å². The summed E-state index contributed by atoms with van der Waals surface area (Å²) in [5.74, 6) is -2.87. The molecule has 2 heterocycles. The van der Waals surface area contributed by atoms with Gasteiger partial charge in [-0.3, -0.25) is 18.6 Å². The summed E-state index contributed by atoms with van der Waals surface area (Å²) < 4.78 is 49.1. The lowest BCUT2D eigenvalue weighted by atomic mass is 9.84. The quantitative estimate of drug-likeness (QED) is 0.578. The van der Waals surface area contributed by atoms with Gasteiger partial charge in [0.25, 0.3) is 5.92 Å². The standard InChI is InChI=1S/C23H31F2N3O3S/c1-14(2)28-19-11-16(21(29)26-22(3)12-32(30,31)13-22)8-9-18(19)20(27-28)15-6-5-7-17(10-15)23(4,24)25/h5-7,10,14,16,30-31H,8-9,11-13H2,1-4H3,(H,26,29). The highest BCUT2D eigenvalue weighted by atomic mass is 32.3. The van der Waals surface area contributed by atoms with Crippen molar-refractivity contribution in [2.24, 2.45) is 5.92 Å². The Labute approximate surface area is 188 Å². The van der Waals surface area contributed by atoms with E-state index < -0.39 is 22.1 Å². The molecule has 6 nitrogen and oxygen atoms in total. The van der Waals surface area contributed by atoms with Gasteiger partial charge in [0.15, 0.2) is 0 Å². The number of fused-ring (bicyclic) bond motifs is 1. The van der Waals surface area contributed by atoms with Crippen LogP contribution in [0.2, 0.25) is 0 Å². The molecule has 1 amide bonds. The SMILES string of the molecule is CC(C)n1nc(-c2cccc(C(C)(F)F)c2)c2c1CC(C(=O)NC1(C)CS(O)(O)C1)CC2. The predicted molar refractivity (Wildman–Crippen MR) is 122 cm³/mol. The zero-order valence-corrected chi connectivity index (χ0v) is 19.7. The molecule has 1 unspecified atom stereocenters. The van der Waals surface area contributed by atoms with Gasteiger partial charge in [0.05, 0.1) is 22.7 Å².